The molecule has 0 radical (unpaired) electrons. The molecule has 0 bridgehead atoms. The van der Waals surface area contributed by atoms with Crippen molar-refractivity contribution in [3.8, 4) is 23.0 Å². The number of piperidine rings is 1. The number of nitrogens with one attached hydrogen (secondary N) is 1. The second kappa shape index (κ2) is 9.37. The van der Waals surface area contributed by atoms with Gasteiger partial charge in [-0.15, -0.1) is 0 Å². The summed E-state index contributed by atoms with van der Waals surface area (Å²) in [5, 5.41) is 4.58. The molecule has 9 nitrogen and oxygen atoms in total. The summed E-state index contributed by atoms with van der Waals surface area (Å²) in [6, 6.07) is 14.2. The summed E-state index contributed by atoms with van der Waals surface area (Å²) in [6.45, 7) is 7.33. The molecule has 200 valence electrons. The van der Waals surface area contributed by atoms with Gasteiger partial charge in [0.15, 0.2) is 0 Å². The number of rotatable bonds is 4. The molecule has 1 saturated heterocycles. The highest BCUT2D eigenvalue weighted by molar-refractivity contribution is 6.06. The number of ether oxygens (including phenoxy) is 1. The van der Waals surface area contributed by atoms with Crippen molar-refractivity contribution >= 4 is 28.3 Å². The van der Waals surface area contributed by atoms with Crippen LogP contribution in [-0.2, 0) is 0 Å². The van der Waals surface area contributed by atoms with Crippen molar-refractivity contribution in [2.24, 2.45) is 5.73 Å². The number of urea groups is 1. The molecule has 39 heavy (non-hydrogen) atoms. The van der Waals surface area contributed by atoms with Crippen molar-refractivity contribution in [3.05, 3.63) is 66.2 Å². The number of nitrogens with two attached hydrogens (primary N) is 1. The molecule has 2 amide bonds. The van der Waals surface area contributed by atoms with Crippen LogP contribution in [0, 0.1) is 12.7 Å². The lowest BCUT2D eigenvalue weighted by atomic mass is 9.98. The lowest BCUT2D eigenvalue weighted by Gasteiger charge is -2.44. The third kappa shape index (κ3) is 4.56. The number of carbonyl (C=O) groups is 1. The molecule has 0 saturated carbocycles. The van der Waals surface area contributed by atoms with Gasteiger partial charge in [0, 0.05) is 48.0 Å². The van der Waals surface area contributed by atoms with Crippen LogP contribution in [-0.4, -0.2) is 50.7 Å². The second-order valence-corrected chi connectivity index (χ2v) is 10.6. The van der Waals surface area contributed by atoms with Gasteiger partial charge in [-0.1, -0.05) is 0 Å². The van der Waals surface area contributed by atoms with E-state index in [9.17, 15) is 9.18 Å². The Kier molecular flexibility index (Phi) is 5.97. The van der Waals surface area contributed by atoms with Crippen molar-refractivity contribution in [2.45, 2.75) is 45.3 Å². The van der Waals surface area contributed by atoms with Gasteiger partial charge < -0.3 is 25.6 Å². The summed E-state index contributed by atoms with van der Waals surface area (Å²) in [7, 11) is 0. The number of primary amides is 1. The summed E-state index contributed by atoms with van der Waals surface area (Å²) in [5.41, 5.74) is 9.97. The van der Waals surface area contributed by atoms with Gasteiger partial charge in [0.1, 0.15) is 17.2 Å². The number of aryl methyl sites for hydroxylation is 1. The van der Waals surface area contributed by atoms with Gasteiger partial charge in [0.2, 0.25) is 0 Å². The van der Waals surface area contributed by atoms with E-state index in [-0.39, 0.29) is 23.9 Å². The number of pyridine rings is 1. The SMILES string of the molecule is Cc1ccnc(Oc2ccc(-c3nc4cc(F)ccc4c4c3NC(C)(C)N4C3CCN(C(N)=O)CC3)cc2)n1. The highest BCUT2D eigenvalue weighted by Gasteiger charge is 2.43. The van der Waals surface area contributed by atoms with E-state index >= 15 is 0 Å². The fourth-order valence-corrected chi connectivity index (χ4v) is 5.69. The number of carbonyl (C=O) groups excluding carboxylic acids is 1. The fourth-order valence-electron chi connectivity index (χ4n) is 5.69. The molecule has 0 aliphatic carbocycles. The quantitative estimate of drug-likeness (QED) is 0.364. The number of anilines is 2. The molecule has 0 spiro atoms. The van der Waals surface area contributed by atoms with Crippen LogP contribution >= 0.6 is 0 Å². The zero-order valence-electron chi connectivity index (χ0n) is 22.1. The molecule has 1 fully saturated rings. The van der Waals surface area contributed by atoms with Crippen LogP contribution in [0.15, 0.2) is 54.7 Å². The molecule has 3 N–H and O–H groups in total. The highest BCUT2D eigenvalue weighted by atomic mass is 19.1. The molecule has 2 aromatic heterocycles. The van der Waals surface area contributed by atoms with Crippen molar-refractivity contribution < 1.29 is 13.9 Å². The van der Waals surface area contributed by atoms with Crippen LogP contribution in [0.1, 0.15) is 32.4 Å². The Morgan fingerprint density at radius 2 is 1.85 bits per heavy atom. The first-order chi connectivity index (χ1) is 18.7. The number of likely N-dealkylation sites (tertiary alicyclic amines) is 1. The van der Waals surface area contributed by atoms with Crippen LogP contribution < -0.4 is 20.7 Å². The van der Waals surface area contributed by atoms with E-state index in [1.807, 2.05) is 37.3 Å². The minimum Gasteiger partial charge on any atom is -0.424 e. The van der Waals surface area contributed by atoms with E-state index in [4.69, 9.17) is 15.5 Å². The Bertz CT molecular complexity index is 1570. The lowest BCUT2D eigenvalue weighted by molar-refractivity contribution is 0.187. The summed E-state index contributed by atoms with van der Waals surface area (Å²) >= 11 is 0. The predicted octanol–water partition coefficient (Wildman–Crippen LogP) is 5.44. The number of fused-ring (bicyclic) bond motifs is 3. The van der Waals surface area contributed by atoms with E-state index < -0.39 is 5.66 Å². The summed E-state index contributed by atoms with van der Waals surface area (Å²) in [6.07, 6.45) is 3.21. The normalized spacial score (nSPS) is 16.7. The third-order valence-electron chi connectivity index (χ3n) is 7.45. The minimum atomic E-state index is -0.438. The van der Waals surface area contributed by atoms with Crippen LogP contribution in [0.2, 0.25) is 0 Å². The predicted molar refractivity (Wildman–Crippen MR) is 148 cm³/mol. The van der Waals surface area contributed by atoms with Crippen LogP contribution in [0.25, 0.3) is 22.2 Å². The smallest absolute Gasteiger partial charge is 0.322 e. The number of halogens is 1. The van der Waals surface area contributed by atoms with Crippen LogP contribution in [0.4, 0.5) is 20.6 Å². The monoisotopic (exact) mass is 527 g/mol. The fraction of sp³-hybridized carbons (Fsp3) is 0.310. The molecule has 4 heterocycles. The molecule has 2 aromatic carbocycles. The summed E-state index contributed by atoms with van der Waals surface area (Å²) < 4.78 is 20.2. The van der Waals surface area contributed by atoms with Crippen LogP contribution in [0.3, 0.4) is 0 Å². The standard InChI is InChI=1S/C29H30FN7O2/c1-17-10-13-32-28(33-17)39-21-7-4-18(5-8-21)24-25-26(22-9-6-19(30)16-23(22)34-24)37(29(2,3)35-25)20-11-14-36(15-12-20)27(31)38/h4-10,13,16,20,35H,11-12,14-15H2,1-3H3,(H2,31,38). The molecular formula is C29H30FN7O2. The Balaban J connectivity index is 1.41. The maximum Gasteiger partial charge on any atom is 0.322 e. The van der Waals surface area contributed by atoms with Gasteiger partial charge in [-0.2, -0.15) is 0 Å². The largest absolute Gasteiger partial charge is 0.424 e. The first-order valence-corrected chi connectivity index (χ1v) is 13.0. The van der Waals surface area contributed by atoms with Gasteiger partial charge in [-0.25, -0.2) is 24.1 Å². The molecule has 2 aliphatic rings. The summed E-state index contributed by atoms with van der Waals surface area (Å²) in [5.74, 6) is 0.262. The molecule has 0 atom stereocenters. The zero-order valence-corrected chi connectivity index (χ0v) is 22.1. The van der Waals surface area contributed by atoms with Gasteiger partial charge in [0.25, 0.3) is 0 Å². The van der Waals surface area contributed by atoms with Crippen LogP contribution in [0.5, 0.6) is 11.8 Å². The van der Waals surface area contributed by atoms with Crippen molar-refractivity contribution in [3.63, 3.8) is 0 Å². The molecule has 10 heteroatoms. The summed E-state index contributed by atoms with van der Waals surface area (Å²) in [4.78, 5) is 29.2. The molecule has 2 aliphatic heterocycles. The number of hydrogen-bond donors (Lipinski definition) is 2. The Labute approximate surface area is 225 Å². The first-order valence-electron chi connectivity index (χ1n) is 13.0. The Morgan fingerprint density at radius 3 is 2.54 bits per heavy atom. The van der Waals surface area contributed by atoms with Crippen molar-refractivity contribution in [2.75, 3.05) is 23.3 Å². The van der Waals surface area contributed by atoms with Gasteiger partial charge in [0.05, 0.1) is 22.6 Å². The Hall–Kier alpha value is -4.47. The lowest BCUT2D eigenvalue weighted by Crippen LogP contribution is -2.55. The molecule has 6 rings (SSSR count). The van der Waals surface area contributed by atoms with Crippen molar-refractivity contribution in [1.82, 2.24) is 19.9 Å². The highest BCUT2D eigenvalue weighted by Crippen LogP contribution is 2.50. The maximum atomic E-state index is 14.4. The number of benzene rings is 2. The molecular weight excluding hydrogens is 497 g/mol. The van der Waals surface area contributed by atoms with E-state index in [1.165, 1.54) is 12.1 Å². The number of aromatic nitrogens is 3. The number of amides is 2. The van der Waals surface area contributed by atoms with E-state index in [0.717, 1.165) is 46.6 Å². The van der Waals surface area contributed by atoms with Gasteiger partial charge >= 0.3 is 12.0 Å². The topological polar surface area (TPSA) is 110 Å². The second-order valence-electron chi connectivity index (χ2n) is 10.6. The van der Waals surface area contributed by atoms with Gasteiger partial charge in [-0.3, -0.25) is 0 Å². The Morgan fingerprint density at radius 1 is 1.10 bits per heavy atom. The zero-order chi connectivity index (χ0) is 27.3. The number of nitrogens with zero attached hydrogens (tertiary/aromatic N) is 5. The molecule has 4 aromatic rings. The third-order valence-corrected chi connectivity index (χ3v) is 7.45. The maximum absolute atomic E-state index is 14.4. The van der Waals surface area contributed by atoms with Gasteiger partial charge in [-0.05, 0) is 76.1 Å². The van der Waals surface area contributed by atoms with E-state index in [0.29, 0.717) is 24.4 Å². The molecule has 0 unspecified atom stereocenters. The van der Waals surface area contributed by atoms with E-state index in [1.54, 1.807) is 17.2 Å². The number of hydrogen-bond acceptors (Lipinski definition) is 7. The average Bonchev–Trinajstić information content (AvgIpc) is 3.19. The first kappa shape index (κ1) is 24.8. The average molecular weight is 528 g/mol. The van der Waals surface area contributed by atoms with Crippen molar-refractivity contribution in [1.29, 1.82) is 0 Å². The minimum absolute atomic E-state index is 0.165. The van der Waals surface area contributed by atoms with E-state index in [2.05, 4.69) is 34.0 Å².